The summed E-state index contributed by atoms with van der Waals surface area (Å²) in [6.45, 7) is 5.10. The van der Waals surface area contributed by atoms with E-state index >= 15 is 0 Å². The number of carbonyl (C=O) groups is 2. The van der Waals surface area contributed by atoms with E-state index in [0.717, 1.165) is 43.6 Å². The van der Waals surface area contributed by atoms with Crippen molar-refractivity contribution in [2.24, 2.45) is 0 Å². The highest BCUT2D eigenvalue weighted by Crippen LogP contribution is 2.42. The van der Waals surface area contributed by atoms with Gasteiger partial charge in [-0.25, -0.2) is 0 Å². The zero-order valence-electron chi connectivity index (χ0n) is 28.2. The van der Waals surface area contributed by atoms with Crippen LogP contribution in [-0.4, -0.2) is 106 Å². The Morgan fingerprint density at radius 2 is 1.53 bits per heavy atom. The second-order valence-corrected chi connectivity index (χ2v) is 13.5. The molecule has 3 heterocycles. The van der Waals surface area contributed by atoms with Crippen molar-refractivity contribution in [2.75, 3.05) is 73.8 Å². The van der Waals surface area contributed by atoms with Crippen LogP contribution in [-0.2, 0) is 19.7 Å². The van der Waals surface area contributed by atoms with Gasteiger partial charge < -0.3 is 38.4 Å². The van der Waals surface area contributed by atoms with E-state index in [9.17, 15) is 9.59 Å². The molecule has 3 aromatic rings. The van der Waals surface area contributed by atoms with E-state index in [-0.39, 0.29) is 17.9 Å². The molecule has 3 saturated heterocycles. The molecule has 0 spiro atoms. The molecule has 0 saturated carbocycles. The molecule has 2 amide bonds. The number of rotatable bonds is 10. The number of nitrogens with zero attached hydrogens (tertiary/aromatic N) is 3. The summed E-state index contributed by atoms with van der Waals surface area (Å²) in [5.74, 6) is 1.13. The molecule has 2 atom stereocenters. The Bertz CT molecular complexity index is 1600. The van der Waals surface area contributed by atoms with Crippen molar-refractivity contribution in [1.29, 1.82) is 0 Å². The zero-order chi connectivity index (χ0) is 34.5. The highest BCUT2D eigenvalue weighted by Gasteiger charge is 2.45. The van der Waals surface area contributed by atoms with Crippen molar-refractivity contribution in [1.82, 2.24) is 14.7 Å². The number of amides is 2. The molecule has 0 aromatic heterocycles. The van der Waals surface area contributed by atoms with E-state index in [1.165, 1.54) is 21.3 Å². The Morgan fingerprint density at radius 3 is 2.14 bits per heavy atom. The fraction of sp³-hybridized carbons (Fsp3) is 0.459. The number of morpholine rings is 1. The Kier molecular flexibility index (Phi) is 11.2. The van der Waals surface area contributed by atoms with Crippen LogP contribution in [0.4, 0.5) is 0 Å². The molecule has 10 nitrogen and oxygen atoms in total. The van der Waals surface area contributed by atoms with E-state index in [1.54, 1.807) is 29.2 Å². The van der Waals surface area contributed by atoms with Gasteiger partial charge in [-0.3, -0.25) is 9.59 Å². The number of halogens is 2. The first-order valence-electron chi connectivity index (χ1n) is 16.6. The van der Waals surface area contributed by atoms with Gasteiger partial charge in [0.1, 0.15) is 0 Å². The lowest BCUT2D eigenvalue weighted by atomic mass is 9.71. The summed E-state index contributed by atoms with van der Waals surface area (Å²) in [4.78, 5) is 34.3. The molecule has 262 valence electrons. The Morgan fingerprint density at radius 1 is 0.857 bits per heavy atom. The van der Waals surface area contributed by atoms with Gasteiger partial charge in [-0.1, -0.05) is 59.6 Å². The van der Waals surface area contributed by atoms with Gasteiger partial charge in [-0.05, 0) is 62.2 Å². The molecule has 1 unspecified atom stereocenters. The Labute approximate surface area is 297 Å². The van der Waals surface area contributed by atoms with Crippen molar-refractivity contribution in [2.45, 2.75) is 37.0 Å². The largest absolute Gasteiger partial charge is 0.493 e. The average molecular weight is 713 g/mol. The summed E-state index contributed by atoms with van der Waals surface area (Å²) in [7, 11) is 4.55. The second-order valence-electron chi connectivity index (χ2n) is 12.6. The molecule has 3 aliphatic heterocycles. The van der Waals surface area contributed by atoms with Crippen molar-refractivity contribution >= 4 is 35.0 Å². The van der Waals surface area contributed by atoms with Crippen LogP contribution >= 0.6 is 23.2 Å². The van der Waals surface area contributed by atoms with Crippen molar-refractivity contribution < 1.29 is 33.3 Å². The van der Waals surface area contributed by atoms with Crippen molar-refractivity contribution in [3.8, 4) is 17.2 Å². The maximum Gasteiger partial charge on any atom is 0.256 e. The van der Waals surface area contributed by atoms with E-state index in [4.69, 9.17) is 46.9 Å². The summed E-state index contributed by atoms with van der Waals surface area (Å²) < 4.78 is 28.6. The highest BCUT2D eigenvalue weighted by molar-refractivity contribution is 6.42. The van der Waals surface area contributed by atoms with Gasteiger partial charge in [0.2, 0.25) is 11.7 Å². The van der Waals surface area contributed by atoms with Crippen LogP contribution in [0.3, 0.4) is 0 Å². The third-order valence-electron chi connectivity index (χ3n) is 9.92. The average Bonchev–Trinajstić information content (AvgIpc) is 3.59. The normalized spacial score (nSPS) is 21.0. The molecule has 3 aliphatic rings. The molecule has 49 heavy (non-hydrogen) atoms. The lowest BCUT2D eigenvalue weighted by Crippen LogP contribution is -2.55. The summed E-state index contributed by atoms with van der Waals surface area (Å²) in [5, 5.41) is 0.805. The first-order chi connectivity index (χ1) is 23.8. The number of likely N-dealkylation sites (tertiary alicyclic amines) is 1. The molecule has 0 radical (unpaired) electrons. The second kappa shape index (κ2) is 15.6. The minimum Gasteiger partial charge on any atom is -0.493 e. The van der Waals surface area contributed by atoms with Crippen molar-refractivity contribution in [3.63, 3.8) is 0 Å². The fourth-order valence-corrected chi connectivity index (χ4v) is 7.50. The van der Waals surface area contributed by atoms with Crippen molar-refractivity contribution in [3.05, 3.63) is 87.4 Å². The first-order valence-corrected chi connectivity index (χ1v) is 17.4. The predicted molar refractivity (Wildman–Crippen MR) is 187 cm³/mol. The number of ether oxygens (including phenoxy) is 5. The van der Waals surface area contributed by atoms with Crippen LogP contribution in [0.25, 0.3) is 0 Å². The molecule has 3 aromatic carbocycles. The smallest absolute Gasteiger partial charge is 0.256 e. The molecule has 3 fully saturated rings. The SMILES string of the molecule is COc1cc(C(=O)N2C[C@@H](CCN3CCC(C(=O)N4CCOCC4)(c4ccccc4)CC3)OC2c2ccc(Cl)c(Cl)c2)cc(OC)c1OC. The maximum absolute atomic E-state index is 14.2. The minimum atomic E-state index is -0.676. The highest BCUT2D eigenvalue weighted by atomic mass is 35.5. The Hall–Kier alpha value is -3.54. The minimum absolute atomic E-state index is 0.200. The van der Waals surface area contributed by atoms with E-state index in [2.05, 4.69) is 17.0 Å². The number of hydrogen-bond donors (Lipinski definition) is 0. The number of benzene rings is 3. The van der Waals surface area contributed by atoms with Gasteiger partial charge in [0.25, 0.3) is 5.91 Å². The topological polar surface area (TPSA) is 90.0 Å². The molecular weight excluding hydrogens is 669 g/mol. The monoisotopic (exact) mass is 711 g/mol. The van der Waals surface area contributed by atoms with Crippen LogP contribution in [0, 0.1) is 0 Å². The number of piperidine rings is 1. The predicted octanol–water partition coefficient (Wildman–Crippen LogP) is 5.84. The summed E-state index contributed by atoms with van der Waals surface area (Å²) >= 11 is 12.6. The van der Waals surface area contributed by atoms with Crippen LogP contribution in [0.1, 0.15) is 47.0 Å². The maximum atomic E-state index is 14.2. The summed E-state index contributed by atoms with van der Waals surface area (Å²) in [6, 6.07) is 18.8. The standard InChI is InChI=1S/C37H43Cl2N3O7/c1-45-31-22-26(23-32(46-2)33(31)47-3)34(43)42-24-28(49-35(42)25-9-10-29(38)30(39)21-25)11-14-40-15-12-37(13-16-40,27-7-5-4-6-8-27)36(44)41-17-19-48-20-18-41/h4-10,21-23,28,35H,11-20,24H2,1-3H3/t28-,35?/m1/s1. The van der Waals surface area contributed by atoms with Gasteiger partial charge >= 0.3 is 0 Å². The van der Waals surface area contributed by atoms with E-state index in [0.29, 0.717) is 72.1 Å². The molecule has 0 aliphatic carbocycles. The quantitative estimate of drug-likeness (QED) is 0.259. The lowest BCUT2D eigenvalue weighted by molar-refractivity contribution is -0.143. The van der Waals surface area contributed by atoms with Crippen LogP contribution in [0.5, 0.6) is 17.2 Å². The Balaban J connectivity index is 1.18. The van der Waals surface area contributed by atoms with Gasteiger partial charge in [-0.2, -0.15) is 0 Å². The molecular formula is C37H43Cl2N3O7. The van der Waals surface area contributed by atoms with Crippen LogP contribution < -0.4 is 14.2 Å². The lowest BCUT2D eigenvalue weighted by Gasteiger charge is -2.44. The zero-order valence-corrected chi connectivity index (χ0v) is 29.7. The van der Waals surface area contributed by atoms with E-state index in [1.807, 2.05) is 29.2 Å². The fourth-order valence-electron chi connectivity index (χ4n) is 7.19. The number of hydrogen-bond acceptors (Lipinski definition) is 8. The number of methoxy groups -OCH3 is 3. The molecule has 12 heteroatoms. The van der Waals surface area contributed by atoms with E-state index < -0.39 is 11.6 Å². The van der Waals surface area contributed by atoms with Gasteiger partial charge in [0, 0.05) is 30.8 Å². The molecule has 0 bridgehead atoms. The van der Waals surface area contributed by atoms with Gasteiger partial charge in [-0.15, -0.1) is 0 Å². The third kappa shape index (κ3) is 7.35. The van der Waals surface area contributed by atoms with Crippen LogP contribution in [0.2, 0.25) is 10.0 Å². The number of carbonyl (C=O) groups excluding carboxylic acids is 2. The summed E-state index contributed by atoms with van der Waals surface area (Å²) in [5.41, 5.74) is 1.63. The van der Waals surface area contributed by atoms with Gasteiger partial charge in [0.05, 0.1) is 62.7 Å². The summed E-state index contributed by atoms with van der Waals surface area (Å²) in [6.07, 6.45) is 1.25. The third-order valence-corrected chi connectivity index (χ3v) is 10.7. The molecule has 6 rings (SSSR count). The van der Waals surface area contributed by atoms with Gasteiger partial charge in [0.15, 0.2) is 17.7 Å². The first kappa shape index (κ1) is 35.3. The molecule has 0 N–H and O–H groups in total. The van der Waals surface area contributed by atoms with Crippen LogP contribution in [0.15, 0.2) is 60.7 Å².